The summed E-state index contributed by atoms with van der Waals surface area (Å²) in [4.78, 5) is 17.7. The van der Waals surface area contributed by atoms with Gasteiger partial charge in [0.25, 0.3) is 0 Å². The molecule has 6 aromatic heterocycles. The summed E-state index contributed by atoms with van der Waals surface area (Å²) in [5, 5.41) is 25.6. The predicted octanol–water partition coefficient (Wildman–Crippen LogP) is 11.5. The Morgan fingerprint density at radius 3 is 1.27 bits per heavy atom. The second-order valence-corrected chi connectivity index (χ2v) is 18.2. The second-order valence-electron chi connectivity index (χ2n) is 18.2. The minimum atomic E-state index is -0.406. The smallest absolute Gasteiger partial charge is 0.0992 e. The Hall–Kier alpha value is -5.44. The van der Waals surface area contributed by atoms with Crippen LogP contribution in [0.5, 0.6) is 0 Å². The molecule has 0 spiro atoms. The maximum atomic E-state index is 11.5. The van der Waals surface area contributed by atoms with Crippen LogP contribution in [0.2, 0.25) is 0 Å². The Kier molecular flexibility index (Phi) is 9.93. The summed E-state index contributed by atoms with van der Waals surface area (Å²) in [6, 6.07) is 25.9. The highest BCUT2D eigenvalue weighted by molar-refractivity contribution is 5.83. The van der Waals surface area contributed by atoms with Crippen molar-refractivity contribution < 1.29 is 10.2 Å². The van der Waals surface area contributed by atoms with Gasteiger partial charge in [-0.3, -0.25) is 9.97 Å². The minimum Gasteiger partial charge on any atom is -0.388 e. The predicted molar refractivity (Wildman–Crippen MR) is 237 cm³/mol. The van der Waals surface area contributed by atoms with Crippen molar-refractivity contribution in [2.45, 2.75) is 113 Å². The van der Waals surface area contributed by atoms with E-state index in [4.69, 9.17) is 0 Å². The van der Waals surface area contributed by atoms with E-state index in [1.54, 1.807) is 0 Å². The largest absolute Gasteiger partial charge is 0.388 e. The number of pyridine rings is 4. The van der Waals surface area contributed by atoms with E-state index in [0.717, 1.165) is 84.6 Å². The van der Waals surface area contributed by atoms with Gasteiger partial charge in [-0.25, -0.2) is 9.97 Å². The van der Waals surface area contributed by atoms with Gasteiger partial charge in [0.1, 0.15) is 0 Å². The fourth-order valence-electron chi connectivity index (χ4n) is 11.1. The number of aliphatic hydroxyl groups is 2. The highest BCUT2D eigenvalue weighted by Gasteiger charge is 2.36. The summed E-state index contributed by atoms with van der Waals surface area (Å²) in [5.41, 5.74) is 12.1. The highest BCUT2D eigenvalue weighted by atomic mass is 16.3. The molecule has 2 atom stereocenters. The average molecular weight is 795 g/mol. The van der Waals surface area contributed by atoms with E-state index in [9.17, 15) is 10.2 Å². The molecule has 4 fully saturated rings. The number of nitrogens with zero attached hydrogens (tertiary/aromatic N) is 6. The van der Waals surface area contributed by atoms with E-state index in [1.165, 1.54) is 58.7 Å². The fraction of sp³-hybridized carbons (Fsp3) is 0.385. The lowest BCUT2D eigenvalue weighted by Crippen LogP contribution is -2.21. The Balaban J connectivity index is 0.000000136. The molecule has 6 heterocycles. The minimum absolute atomic E-state index is 0.313. The van der Waals surface area contributed by atoms with Gasteiger partial charge in [-0.05, 0) is 171 Å². The van der Waals surface area contributed by atoms with Crippen LogP contribution in [0.25, 0.3) is 32.8 Å². The molecule has 8 nitrogen and oxygen atoms in total. The third kappa shape index (κ3) is 7.07. The monoisotopic (exact) mass is 794 g/mol. The van der Waals surface area contributed by atoms with Crippen LogP contribution in [-0.2, 0) is 0 Å². The first-order chi connectivity index (χ1) is 29.6. The van der Waals surface area contributed by atoms with Gasteiger partial charge >= 0.3 is 0 Å². The highest BCUT2D eigenvalue weighted by Crippen LogP contribution is 2.50. The van der Waals surface area contributed by atoms with E-state index in [0.29, 0.717) is 35.5 Å². The molecule has 0 aliphatic heterocycles. The molecule has 4 aliphatic carbocycles. The van der Waals surface area contributed by atoms with E-state index in [-0.39, 0.29) is 0 Å². The number of aromatic nitrogens is 6. The van der Waals surface area contributed by atoms with Gasteiger partial charge in [0.2, 0.25) is 0 Å². The molecule has 8 heteroatoms. The van der Waals surface area contributed by atoms with Crippen LogP contribution < -0.4 is 0 Å². The first kappa shape index (κ1) is 37.6. The zero-order valence-corrected chi connectivity index (χ0v) is 34.2. The van der Waals surface area contributed by atoms with Gasteiger partial charge in [-0.1, -0.05) is 36.4 Å². The summed E-state index contributed by atoms with van der Waals surface area (Å²) >= 11 is 0. The van der Waals surface area contributed by atoms with Gasteiger partial charge < -0.3 is 19.0 Å². The standard InChI is InChI=1S/2C26H27N3O/c2*30-26(25-21(18-6-7-18)12-14-29-16-27-15-24(25)29)19-10-8-17(9-11-19)20-3-1-5-23-22(20)4-2-13-28-23/h2*1-5,12-19,26,30H,6-11H2/t2*17?,19?,26-/m10/s1. The number of fused-ring (bicyclic) bond motifs is 4. The summed E-state index contributed by atoms with van der Waals surface area (Å²) in [7, 11) is 0. The van der Waals surface area contributed by atoms with Crippen molar-refractivity contribution >= 4 is 32.8 Å². The van der Waals surface area contributed by atoms with Crippen molar-refractivity contribution in [1.29, 1.82) is 0 Å². The van der Waals surface area contributed by atoms with Gasteiger partial charge in [-0.15, -0.1) is 0 Å². The molecule has 2 aromatic carbocycles. The first-order valence-electron chi connectivity index (χ1n) is 22.5. The van der Waals surface area contributed by atoms with E-state index in [1.807, 2.05) is 49.6 Å². The van der Waals surface area contributed by atoms with Crippen LogP contribution in [0.15, 0.2) is 123 Å². The number of aliphatic hydroxyl groups excluding tert-OH is 2. The molecule has 8 aromatic rings. The SMILES string of the molecule is O[C@@H](c1c(C2CC2)ccn2cncc12)C1CCC(c2cccc3ncccc23)CC1.O[C@H](c1c(C2CC2)ccn2cncc12)C1CCC(c2cccc3ncccc23)CC1. The van der Waals surface area contributed by atoms with Crippen LogP contribution >= 0.6 is 0 Å². The number of rotatable bonds is 8. The summed E-state index contributed by atoms with van der Waals surface area (Å²) in [6.45, 7) is 0. The quantitative estimate of drug-likeness (QED) is 0.159. The van der Waals surface area contributed by atoms with E-state index in [2.05, 4.69) is 102 Å². The second kappa shape index (κ2) is 15.9. The molecule has 0 radical (unpaired) electrons. The number of benzene rings is 2. The molecule has 0 bridgehead atoms. The maximum absolute atomic E-state index is 11.5. The lowest BCUT2D eigenvalue weighted by atomic mass is 9.74. The van der Waals surface area contributed by atoms with Crippen LogP contribution in [0.1, 0.15) is 146 Å². The van der Waals surface area contributed by atoms with Gasteiger partial charge in [0, 0.05) is 46.7 Å². The topological polar surface area (TPSA) is 101 Å². The number of imidazole rings is 2. The Morgan fingerprint density at radius 2 is 0.850 bits per heavy atom. The summed E-state index contributed by atoms with van der Waals surface area (Å²) < 4.78 is 4.11. The zero-order chi connectivity index (χ0) is 40.2. The molecule has 4 aliphatic rings. The molecular weight excluding hydrogens is 741 g/mol. The van der Waals surface area contributed by atoms with Gasteiger partial charge in [0.05, 0.1) is 59.3 Å². The molecular formula is C52H54N6O2. The Morgan fingerprint density at radius 1 is 0.450 bits per heavy atom. The van der Waals surface area contributed by atoms with Crippen LogP contribution in [-0.4, -0.2) is 39.0 Å². The molecule has 4 saturated carbocycles. The van der Waals surface area contributed by atoms with Crippen molar-refractivity contribution in [3.8, 4) is 0 Å². The van der Waals surface area contributed by atoms with Crippen molar-refractivity contribution in [3.63, 3.8) is 0 Å². The van der Waals surface area contributed by atoms with E-state index >= 15 is 0 Å². The average Bonchev–Trinajstić information content (AvgIpc) is 4.24. The van der Waals surface area contributed by atoms with Gasteiger partial charge in [-0.2, -0.15) is 0 Å². The normalized spacial score (nSPS) is 23.1. The van der Waals surface area contributed by atoms with Crippen LogP contribution in [0.3, 0.4) is 0 Å². The lowest BCUT2D eigenvalue weighted by Gasteiger charge is -2.33. The van der Waals surface area contributed by atoms with Crippen LogP contribution in [0, 0.1) is 11.8 Å². The van der Waals surface area contributed by atoms with Crippen LogP contribution in [0.4, 0.5) is 0 Å². The molecule has 0 saturated heterocycles. The number of hydrogen-bond donors (Lipinski definition) is 2. The molecule has 0 unspecified atom stereocenters. The van der Waals surface area contributed by atoms with Crippen molar-refractivity contribution in [1.82, 2.24) is 28.7 Å². The molecule has 2 N–H and O–H groups in total. The Labute approximate surface area is 351 Å². The molecule has 304 valence electrons. The maximum Gasteiger partial charge on any atom is 0.0992 e. The summed E-state index contributed by atoms with van der Waals surface area (Å²) in [5.74, 6) is 2.97. The van der Waals surface area contributed by atoms with Crippen molar-refractivity contribution in [3.05, 3.63) is 156 Å². The lowest BCUT2D eigenvalue weighted by molar-refractivity contribution is 0.0809. The van der Waals surface area contributed by atoms with Gasteiger partial charge in [0.15, 0.2) is 0 Å². The Bertz CT molecular complexity index is 2580. The molecule has 60 heavy (non-hydrogen) atoms. The molecule has 12 rings (SSSR count). The third-order valence-electron chi connectivity index (χ3n) is 14.6. The third-order valence-corrected chi connectivity index (χ3v) is 14.6. The van der Waals surface area contributed by atoms with E-state index < -0.39 is 12.2 Å². The molecule has 0 amide bonds. The summed E-state index contributed by atoms with van der Waals surface area (Å²) in [6.07, 6.45) is 28.3. The fourth-order valence-corrected chi connectivity index (χ4v) is 11.1. The zero-order valence-electron chi connectivity index (χ0n) is 34.2. The van der Waals surface area contributed by atoms with Crippen molar-refractivity contribution in [2.75, 3.05) is 0 Å². The first-order valence-corrected chi connectivity index (χ1v) is 22.5. The van der Waals surface area contributed by atoms with Crippen molar-refractivity contribution in [2.24, 2.45) is 11.8 Å². The number of hydrogen-bond acceptors (Lipinski definition) is 6.